The van der Waals surface area contributed by atoms with Crippen LogP contribution in [0.15, 0.2) is 28.7 Å². The van der Waals surface area contributed by atoms with Gasteiger partial charge in [0.2, 0.25) is 5.16 Å². The van der Waals surface area contributed by atoms with E-state index in [1.54, 1.807) is 31.1 Å². The summed E-state index contributed by atoms with van der Waals surface area (Å²) in [6.45, 7) is 5.05. The van der Waals surface area contributed by atoms with Gasteiger partial charge in [-0.25, -0.2) is 18.4 Å². The van der Waals surface area contributed by atoms with Crippen molar-refractivity contribution in [2.75, 3.05) is 13.1 Å². The van der Waals surface area contributed by atoms with Crippen molar-refractivity contribution in [2.24, 2.45) is 13.0 Å². The summed E-state index contributed by atoms with van der Waals surface area (Å²) < 4.78 is 29.9. The zero-order valence-electron chi connectivity index (χ0n) is 14.7. The van der Waals surface area contributed by atoms with Crippen molar-refractivity contribution in [3.8, 4) is 0 Å². The van der Waals surface area contributed by atoms with Crippen LogP contribution in [0, 0.1) is 19.8 Å². The summed E-state index contributed by atoms with van der Waals surface area (Å²) in [5, 5.41) is 0.0699. The molecule has 0 aromatic carbocycles. The molecular formula is C16H23N5O3S. The van der Waals surface area contributed by atoms with Gasteiger partial charge >= 0.3 is 0 Å². The van der Waals surface area contributed by atoms with Crippen LogP contribution in [0.3, 0.4) is 0 Å². The summed E-state index contributed by atoms with van der Waals surface area (Å²) in [7, 11) is -1.89. The molecule has 3 rings (SSSR count). The van der Waals surface area contributed by atoms with Crippen molar-refractivity contribution in [1.29, 1.82) is 0 Å². The second kappa shape index (κ2) is 6.72. The Hall–Kier alpha value is -2.00. The summed E-state index contributed by atoms with van der Waals surface area (Å²) in [5.41, 5.74) is 1.39. The molecule has 2 aromatic rings. The lowest BCUT2D eigenvalue weighted by atomic mass is 9.98. The molecule has 0 saturated carbocycles. The van der Waals surface area contributed by atoms with Crippen LogP contribution in [0.2, 0.25) is 0 Å². The minimum absolute atomic E-state index is 0.0180. The molecule has 136 valence electrons. The molecule has 1 saturated heterocycles. The maximum absolute atomic E-state index is 12.6. The van der Waals surface area contributed by atoms with Gasteiger partial charge in [-0.2, -0.15) is 4.31 Å². The first kappa shape index (κ1) is 17.8. The molecule has 1 aliphatic rings. The lowest BCUT2D eigenvalue weighted by Crippen LogP contribution is -2.41. The third-order valence-electron chi connectivity index (χ3n) is 4.89. The quantitative estimate of drug-likeness (QED) is 0.795. The van der Waals surface area contributed by atoms with E-state index in [1.807, 2.05) is 6.92 Å². The van der Waals surface area contributed by atoms with E-state index in [0.29, 0.717) is 38.0 Å². The van der Waals surface area contributed by atoms with E-state index < -0.39 is 10.0 Å². The van der Waals surface area contributed by atoms with Gasteiger partial charge < -0.3 is 4.57 Å². The van der Waals surface area contributed by atoms with Crippen molar-refractivity contribution in [3.63, 3.8) is 0 Å². The largest absolute Gasteiger partial charge is 0.324 e. The van der Waals surface area contributed by atoms with Crippen LogP contribution >= 0.6 is 0 Å². The SMILES string of the molecule is Cc1ncn(CC2CCN(S(=O)(=O)c3nccn3C)CC2)c(=O)c1C. The van der Waals surface area contributed by atoms with Crippen LogP contribution in [-0.4, -0.2) is 44.9 Å². The fourth-order valence-corrected chi connectivity index (χ4v) is 4.67. The highest BCUT2D eigenvalue weighted by atomic mass is 32.2. The molecule has 2 aromatic heterocycles. The first-order valence-electron chi connectivity index (χ1n) is 8.31. The highest BCUT2D eigenvalue weighted by Gasteiger charge is 2.32. The Morgan fingerprint density at radius 2 is 1.88 bits per heavy atom. The van der Waals surface area contributed by atoms with Gasteiger partial charge in [-0.1, -0.05) is 0 Å². The zero-order valence-corrected chi connectivity index (χ0v) is 15.5. The number of rotatable bonds is 4. The summed E-state index contributed by atoms with van der Waals surface area (Å²) in [4.78, 5) is 20.5. The second-order valence-electron chi connectivity index (χ2n) is 6.58. The molecule has 8 nitrogen and oxygen atoms in total. The zero-order chi connectivity index (χ0) is 18.2. The molecule has 0 unspecified atom stereocenters. The molecule has 0 radical (unpaired) electrons. The van der Waals surface area contributed by atoms with E-state index in [-0.39, 0.29) is 16.6 Å². The highest BCUT2D eigenvalue weighted by molar-refractivity contribution is 7.89. The topological polar surface area (TPSA) is 90.1 Å². The average Bonchev–Trinajstić information content (AvgIpc) is 3.03. The third-order valence-corrected chi connectivity index (χ3v) is 6.79. The molecule has 1 fully saturated rings. The Balaban J connectivity index is 1.68. The van der Waals surface area contributed by atoms with Crippen molar-refractivity contribution >= 4 is 10.0 Å². The summed E-state index contributed by atoms with van der Waals surface area (Å²) >= 11 is 0. The van der Waals surface area contributed by atoms with Crippen molar-refractivity contribution in [2.45, 2.75) is 38.4 Å². The van der Waals surface area contributed by atoms with Crippen LogP contribution < -0.4 is 5.56 Å². The average molecular weight is 365 g/mol. The number of imidazole rings is 1. The highest BCUT2D eigenvalue weighted by Crippen LogP contribution is 2.23. The van der Waals surface area contributed by atoms with Gasteiger partial charge in [0.05, 0.1) is 6.33 Å². The number of hydrogen-bond acceptors (Lipinski definition) is 5. The molecule has 0 aliphatic carbocycles. The van der Waals surface area contributed by atoms with E-state index in [0.717, 1.165) is 5.69 Å². The molecule has 1 aliphatic heterocycles. The minimum atomic E-state index is -3.56. The lowest BCUT2D eigenvalue weighted by molar-refractivity contribution is 0.249. The summed E-state index contributed by atoms with van der Waals surface area (Å²) in [5.74, 6) is 0.259. The minimum Gasteiger partial charge on any atom is -0.324 e. The fraction of sp³-hybridized carbons (Fsp3) is 0.562. The van der Waals surface area contributed by atoms with Crippen molar-refractivity contribution in [3.05, 3.63) is 40.3 Å². The molecule has 0 amide bonds. The van der Waals surface area contributed by atoms with Crippen molar-refractivity contribution < 1.29 is 8.42 Å². The fourth-order valence-electron chi connectivity index (χ4n) is 3.13. The van der Waals surface area contributed by atoms with Crippen LogP contribution in [0.1, 0.15) is 24.1 Å². The molecule has 25 heavy (non-hydrogen) atoms. The first-order chi connectivity index (χ1) is 11.8. The standard InChI is InChI=1S/C16H23N5O3S/c1-12-13(2)18-11-20(15(12)22)10-14-4-7-21(8-5-14)25(23,24)16-17-6-9-19(16)3/h6,9,11,14H,4-5,7-8,10H2,1-3H3. The molecule has 0 atom stereocenters. The smallest absolute Gasteiger partial charge is 0.276 e. The van der Waals surface area contributed by atoms with Crippen LogP contribution in [-0.2, 0) is 23.6 Å². The Morgan fingerprint density at radius 3 is 2.48 bits per heavy atom. The predicted octanol–water partition coefficient (Wildman–Crippen LogP) is 0.695. The normalized spacial score (nSPS) is 17.1. The molecule has 9 heteroatoms. The van der Waals surface area contributed by atoms with Gasteiger partial charge in [0.25, 0.3) is 15.6 Å². The molecule has 0 bridgehead atoms. The first-order valence-corrected chi connectivity index (χ1v) is 9.75. The third kappa shape index (κ3) is 3.38. The second-order valence-corrected chi connectivity index (χ2v) is 8.41. The van der Waals surface area contributed by atoms with Gasteiger partial charge in [0, 0.05) is 50.3 Å². The molecule has 0 N–H and O–H groups in total. The van der Waals surface area contributed by atoms with Crippen LogP contribution in [0.25, 0.3) is 0 Å². The van der Waals surface area contributed by atoms with Crippen LogP contribution in [0.4, 0.5) is 0 Å². The number of hydrogen-bond donors (Lipinski definition) is 0. The van der Waals surface area contributed by atoms with Gasteiger partial charge in [-0.15, -0.1) is 0 Å². The van der Waals surface area contributed by atoms with E-state index in [4.69, 9.17) is 0 Å². The monoisotopic (exact) mass is 365 g/mol. The summed E-state index contributed by atoms with van der Waals surface area (Å²) in [6.07, 6.45) is 6.12. The Bertz CT molecular complexity index is 923. The van der Waals surface area contributed by atoms with Gasteiger partial charge in [0.1, 0.15) is 0 Å². The predicted molar refractivity (Wildman–Crippen MR) is 92.7 cm³/mol. The molecular weight excluding hydrogens is 342 g/mol. The number of sulfonamides is 1. The van der Waals surface area contributed by atoms with Gasteiger partial charge in [0.15, 0.2) is 0 Å². The maximum atomic E-state index is 12.6. The Kier molecular flexibility index (Phi) is 4.79. The van der Waals surface area contributed by atoms with E-state index in [9.17, 15) is 13.2 Å². The molecule has 0 spiro atoms. The number of nitrogens with zero attached hydrogens (tertiary/aromatic N) is 5. The van der Waals surface area contributed by atoms with Crippen molar-refractivity contribution in [1.82, 2.24) is 23.4 Å². The maximum Gasteiger partial charge on any atom is 0.276 e. The number of aromatic nitrogens is 4. The van der Waals surface area contributed by atoms with Gasteiger partial charge in [-0.3, -0.25) is 9.36 Å². The van der Waals surface area contributed by atoms with E-state index >= 15 is 0 Å². The lowest BCUT2D eigenvalue weighted by Gasteiger charge is -2.31. The van der Waals surface area contributed by atoms with E-state index in [1.165, 1.54) is 15.1 Å². The van der Waals surface area contributed by atoms with E-state index in [2.05, 4.69) is 9.97 Å². The summed E-state index contributed by atoms with van der Waals surface area (Å²) in [6, 6.07) is 0. The number of piperidine rings is 1. The van der Waals surface area contributed by atoms with Gasteiger partial charge in [-0.05, 0) is 32.6 Å². The van der Waals surface area contributed by atoms with Crippen LogP contribution in [0.5, 0.6) is 0 Å². The Labute approximate surface area is 147 Å². The molecule has 3 heterocycles. The Morgan fingerprint density at radius 1 is 1.20 bits per heavy atom. The number of aryl methyl sites for hydroxylation is 2.